The van der Waals surface area contributed by atoms with Crippen molar-refractivity contribution in [3.05, 3.63) is 89.2 Å². The lowest BCUT2D eigenvalue weighted by Crippen LogP contribution is -2.38. The highest BCUT2D eigenvalue weighted by molar-refractivity contribution is 6.30. The molecule has 3 aromatic rings. The first kappa shape index (κ1) is 25.8. The van der Waals surface area contributed by atoms with Crippen molar-refractivity contribution in [2.24, 2.45) is 0 Å². The van der Waals surface area contributed by atoms with Crippen LogP contribution >= 0.6 is 11.6 Å². The van der Waals surface area contributed by atoms with Gasteiger partial charge in [0.25, 0.3) is 0 Å². The van der Waals surface area contributed by atoms with E-state index in [1.54, 1.807) is 24.3 Å². The minimum atomic E-state index is -4.56. The van der Waals surface area contributed by atoms with Gasteiger partial charge < -0.3 is 16.0 Å². The number of nitrogens with one attached hydrogen (secondary N) is 3. The Hall–Kier alpha value is -3.79. The highest BCUT2D eigenvalue weighted by Crippen LogP contribution is 2.31. The monoisotopic (exact) mass is 508 g/mol. The van der Waals surface area contributed by atoms with Crippen LogP contribution in [0.4, 0.5) is 44.2 Å². The topological polar surface area (TPSA) is 73.5 Å². The Labute approximate surface area is 203 Å². The molecule has 3 aromatic carbocycles. The zero-order valence-corrected chi connectivity index (χ0v) is 19.0. The molecule has 0 fully saturated rings. The minimum absolute atomic E-state index is 0.0441. The van der Waals surface area contributed by atoms with E-state index in [9.17, 15) is 27.2 Å². The third-order valence-corrected chi connectivity index (χ3v) is 5.02. The van der Waals surface area contributed by atoms with Crippen molar-refractivity contribution in [1.82, 2.24) is 5.32 Å². The average molecular weight is 509 g/mol. The molecule has 184 valence electrons. The van der Waals surface area contributed by atoms with E-state index in [0.29, 0.717) is 22.8 Å². The molecule has 0 heterocycles. The molecule has 0 saturated heterocycles. The van der Waals surface area contributed by atoms with Gasteiger partial charge in [0.1, 0.15) is 5.82 Å². The maximum absolute atomic E-state index is 13.4. The van der Waals surface area contributed by atoms with E-state index in [0.717, 1.165) is 24.3 Å². The third kappa shape index (κ3) is 7.89. The molecule has 0 unspecified atom stereocenters. The van der Waals surface area contributed by atoms with E-state index < -0.39 is 29.6 Å². The van der Waals surface area contributed by atoms with Crippen molar-refractivity contribution in [3.63, 3.8) is 0 Å². The minimum Gasteiger partial charge on any atom is -0.338 e. The molecule has 0 spiro atoms. The summed E-state index contributed by atoms with van der Waals surface area (Å²) in [5, 5.41) is 8.25. The summed E-state index contributed by atoms with van der Waals surface area (Å²) >= 11 is 5.81. The molecule has 3 rings (SSSR count). The molecular weight excluding hydrogens is 488 g/mol. The number of alkyl halides is 3. The van der Waals surface area contributed by atoms with Crippen LogP contribution in [0, 0.1) is 5.82 Å². The van der Waals surface area contributed by atoms with E-state index in [1.807, 2.05) is 0 Å². The van der Waals surface area contributed by atoms with E-state index in [4.69, 9.17) is 11.6 Å². The predicted molar refractivity (Wildman–Crippen MR) is 127 cm³/mol. The van der Waals surface area contributed by atoms with E-state index >= 15 is 0 Å². The van der Waals surface area contributed by atoms with Crippen LogP contribution in [-0.2, 0) is 6.18 Å². The van der Waals surface area contributed by atoms with Crippen LogP contribution in [0.5, 0.6) is 0 Å². The van der Waals surface area contributed by atoms with Crippen molar-refractivity contribution in [2.45, 2.75) is 12.6 Å². The largest absolute Gasteiger partial charge is 0.416 e. The predicted octanol–water partition coefficient (Wildman–Crippen LogP) is 6.75. The summed E-state index contributed by atoms with van der Waals surface area (Å²) in [6, 6.07) is 14.7. The molecule has 0 saturated carbocycles. The highest BCUT2D eigenvalue weighted by atomic mass is 35.5. The molecule has 0 aliphatic carbocycles. The third-order valence-electron chi connectivity index (χ3n) is 4.77. The standard InChI is InChI=1S/C24H21ClF4N4O2/c25-17-5-9-19(10-6-17)31-22(34)30-13-2-14-33(21-11-7-18(26)8-12-21)23(35)32-20-4-1-3-16(15-20)24(27,28)29/h1,3-12,15H,2,13-14H2,(H,32,35)(H2,30,31,34). The lowest BCUT2D eigenvalue weighted by Gasteiger charge is -2.23. The second kappa shape index (κ2) is 11.6. The number of halogens is 5. The molecule has 0 aliphatic heterocycles. The van der Waals surface area contributed by atoms with Gasteiger partial charge in [-0.2, -0.15) is 13.2 Å². The maximum Gasteiger partial charge on any atom is 0.416 e. The number of urea groups is 2. The van der Waals surface area contributed by atoms with E-state index in [1.165, 1.54) is 29.2 Å². The van der Waals surface area contributed by atoms with Crippen LogP contribution in [0.25, 0.3) is 0 Å². The first-order valence-electron chi connectivity index (χ1n) is 10.4. The number of benzene rings is 3. The van der Waals surface area contributed by atoms with Gasteiger partial charge in [-0.05, 0) is 73.2 Å². The number of nitrogens with zero attached hydrogens (tertiary/aromatic N) is 1. The SMILES string of the molecule is O=C(NCCCN(C(=O)Nc1cccc(C(F)(F)F)c1)c1ccc(F)cc1)Nc1ccc(Cl)cc1. The number of carbonyl (C=O) groups is 2. The molecule has 11 heteroatoms. The summed E-state index contributed by atoms with van der Waals surface area (Å²) in [4.78, 5) is 26.2. The van der Waals surface area contributed by atoms with Crippen LogP contribution in [0.1, 0.15) is 12.0 Å². The molecule has 0 bridgehead atoms. The highest BCUT2D eigenvalue weighted by Gasteiger charge is 2.30. The Morgan fingerprint density at radius 1 is 0.886 bits per heavy atom. The van der Waals surface area contributed by atoms with E-state index in [-0.39, 0.29) is 18.8 Å². The summed E-state index contributed by atoms with van der Waals surface area (Å²) < 4.78 is 52.3. The number of hydrogen-bond donors (Lipinski definition) is 3. The number of amides is 4. The van der Waals surface area contributed by atoms with Crippen molar-refractivity contribution < 1.29 is 27.2 Å². The molecule has 3 N–H and O–H groups in total. The number of carbonyl (C=O) groups excluding carboxylic acids is 2. The summed E-state index contributed by atoms with van der Waals surface area (Å²) in [7, 11) is 0. The van der Waals surface area contributed by atoms with Crippen LogP contribution < -0.4 is 20.9 Å². The first-order valence-corrected chi connectivity index (χ1v) is 10.8. The van der Waals surface area contributed by atoms with Gasteiger partial charge in [0.2, 0.25) is 0 Å². The molecule has 6 nitrogen and oxygen atoms in total. The van der Waals surface area contributed by atoms with Gasteiger partial charge >= 0.3 is 18.2 Å². The summed E-state index contributed by atoms with van der Waals surface area (Å²) in [5.41, 5.74) is -0.0706. The lowest BCUT2D eigenvalue weighted by molar-refractivity contribution is -0.137. The molecule has 35 heavy (non-hydrogen) atoms. The van der Waals surface area contributed by atoms with Crippen molar-refractivity contribution >= 4 is 40.7 Å². The number of hydrogen-bond acceptors (Lipinski definition) is 2. The summed E-state index contributed by atoms with van der Waals surface area (Å²) in [6.07, 6.45) is -4.25. The van der Waals surface area contributed by atoms with Gasteiger partial charge in [0.15, 0.2) is 0 Å². The van der Waals surface area contributed by atoms with Gasteiger partial charge in [-0.25, -0.2) is 14.0 Å². The Balaban J connectivity index is 1.62. The fourth-order valence-electron chi connectivity index (χ4n) is 3.08. The Morgan fingerprint density at radius 2 is 1.57 bits per heavy atom. The van der Waals surface area contributed by atoms with Crippen molar-refractivity contribution in [3.8, 4) is 0 Å². The molecule has 0 aromatic heterocycles. The summed E-state index contributed by atoms with van der Waals surface area (Å²) in [6.45, 7) is 0.283. The molecule has 4 amide bonds. The van der Waals surface area contributed by atoms with Gasteiger partial charge in [-0.3, -0.25) is 4.90 Å². The van der Waals surface area contributed by atoms with Gasteiger partial charge in [-0.15, -0.1) is 0 Å². The van der Waals surface area contributed by atoms with Gasteiger partial charge in [-0.1, -0.05) is 17.7 Å². The van der Waals surface area contributed by atoms with Crippen molar-refractivity contribution in [2.75, 3.05) is 28.6 Å². The fourth-order valence-corrected chi connectivity index (χ4v) is 3.21. The average Bonchev–Trinajstić information content (AvgIpc) is 2.81. The lowest BCUT2D eigenvalue weighted by atomic mass is 10.2. The Morgan fingerprint density at radius 3 is 2.23 bits per heavy atom. The maximum atomic E-state index is 13.4. The molecule has 0 aliphatic rings. The molecular formula is C24H21ClF4N4O2. The number of anilines is 3. The Kier molecular flexibility index (Phi) is 8.53. The van der Waals surface area contributed by atoms with Crippen LogP contribution in [-0.4, -0.2) is 25.2 Å². The second-order valence-corrected chi connectivity index (χ2v) is 7.81. The molecule has 0 atom stereocenters. The second-order valence-electron chi connectivity index (χ2n) is 7.38. The first-order chi connectivity index (χ1) is 16.6. The Bertz CT molecular complexity index is 1160. The quantitative estimate of drug-likeness (QED) is 0.244. The summed E-state index contributed by atoms with van der Waals surface area (Å²) in [5.74, 6) is -0.507. The number of rotatable bonds is 7. The van der Waals surface area contributed by atoms with Crippen LogP contribution in [0.15, 0.2) is 72.8 Å². The smallest absolute Gasteiger partial charge is 0.338 e. The van der Waals surface area contributed by atoms with Crippen LogP contribution in [0.2, 0.25) is 5.02 Å². The van der Waals surface area contributed by atoms with Crippen LogP contribution in [0.3, 0.4) is 0 Å². The fraction of sp³-hybridized carbons (Fsp3) is 0.167. The molecule has 0 radical (unpaired) electrons. The van der Waals surface area contributed by atoms with E-state index in [2.05, 4.69) is 16.0 Å². The van der Waals surface area contributed by atoms with Gasteiger partial charge in [0.05, 0.1) is 5.56 Å². The zero-order valence-electron chi connectivity index (χ0n) is 18.2. The normalized spacial score (nSPS) is 11.0. The van der Waals surface area contributed by atoms with Gasteiger partial charge in [0, 0.05) is 35.2 Å². The van der Waals surface area contributed by atoms with Crippen molar-refractivity contribution in [1.29, 1.82) is 0 Å². The zero-order chi connectivity index (χ0) is 25.4.